The van der Waals surface area contributed by atoms with Gasteiger partial charge in [-0.15, -0.1) is 0 Å². The Hall–Kier alpha value is -2.24. The molecule has 1 atom stereocenters. The van der Waals surface area contributed by atoms with Crippen LogP contribution in [0.3, 0.4) is 0 Å². The lowest BCUT2D eigenvalue weighted by molar-refractivity contribution is -0.130. The van der Waals surface area contributed by atoms with Crippen LogP contribution in [0.1, 0.15) is 30.1 Å². The Morgan fingerprint density at radius 2 is 1.82 bits per heavy atom. The monoisotopic (exact) mass is 303 g/mol. The fraction of sp³-hybridized carbons (Fsp3) is 0.235. The van der Waals surface area contributed by atoms with Crippen molar-refractivity contribution < 1.29 is 19.1 Å². The minimum atomic E-state index is -0.476. The molecule has 0 saturated carbocycles. The molecule has 0 heterocycles. The van der Waals surface area contributed by atoms with E-state index < -0.39 is 5.91 Å². The standard InChI is InChI=1S/C17H18FNO3/c18-15-8-6-14(7-9-15)16(10-11-17(20)19-21)22-12-13-4-2-1-3-5-13/h1-9,16,21H,10-12H2,(H,19,20). The molecular formula is C17H18FNO3. The first-order valence-electron chi connectivity index (χ1n) is 7.03. The maximum Gasteiger partial charge on any atom is 0.243 e. The molecule has 0 aliphatic carbocycles. The van der Waals surface area contributed by atoms with Gasteiger partial charge in [-0.25, -0.2) is 9.87 Å². The van der Waals surface area contributed by atoms with Gasteiger partial charge >= 0.3 is 0 Å². The zero-order chi connectivity index (χ0) is 15.8. The van der Waals surface area contributed by atoms with Crippen molar-refractivity contribution in [3.05, 3.63) is 71.5 Å². The van der Waals surface area contributed by atoms with Crippen LogP contribution in [-0.4, -0.2) is 11.1 Å². The Kier molecular flexibility index (Phi) is 6.06. The van der Waals surface area contributed by atoms with Gasteiger partial charge in [0.15, 0.2) is 0 Å². The number of nitrogens with one attached hydrogen (secondary N) is 1. The maximum atomic E-state index is 13.0. The van der Waals surface area contributed by atoms with Gasteiger partial charge in [-0.2, -0.15) is 0 Å². The molecule has 0 saturated heterocycles. The van der Waals surface area contributed by atoms with E-state index in [1.807, 2.05) is 30.3 Å². The molecule has 2 aromatic carbocycles. The molecule has 2 N–H and O–H groups in total. The predicted molar refractivity (Wildman–Crippen MR) is 79.5 cm³/mol. The molecule has 0 aliphatic heterocycles. The largest absolute Gasteiger partial charge is 0.369 e. The number of carbonyl (C=O) groups is 1. The minimum Gasteiger partial charge on any atom is -0.369 e. The van der Waals surface area contributed by atoms with Crippen LogP contribution in [0.15, 0.2) is 54.6 Å². The number of carbonyl (C=O) groups excluding carboxylic acids is 1. The number of hydrogen-bond donors (Lipinski definition) is 2. The lowest BCUT2D eigenvalue weighted by Gasteiger charge is -2.18. The summed E-state index contributed by atoms with van der Waals surface area (Å²) in [7, 11) is 0. The molecule has 0 spiro atoms. The molecule has 1 amide bonds. The third kappa shape index (κ3) is 4.95. The van der Waals surface area contributed by atoms with Crippen molar-refractivity contribution in [2.75, 3.05) is 0 Å². The van der Waals surface area contributed by atoms with Crippen LogP contribution in [0.5, 0.6) is 0 Å². The number of hydroxylamine groups is 1. The topological polar surface area (TPSA) is 58.6 Å². The van der Waals surface area contributed by atoms with E-state index in [1.165, 1.54) is 12.1 Å². The van der Waals surface area contributed by atoms with Crippen LogP contribution in [-0.2, 0) is 16.1 Å². The Bertz CT molecular complexity index is 587. The zero-order valence-electron chi connectivity index (χ0n) is 12.0. The summed E-state index contributed by atoms with van der Waals surface area (Å²) in [5.41, 5.74) is 3.41. The van der Waals surface area contributed by atoms with E-state index in [9.17, 15) is 9.18 Å². The van der Waals surface area contributed by atoms with Gasteiger partial charge in [0.25, 0.3) is 0 Å². The molecule has 1 unspecified atom stereocenters. The zero-order valence-corrected chi connectivity index (χ0v) is 12.0. The summed E-state index contributed by atoms with van der Waals surface area (Å²) in [6.45, 7) is 0.392. The molecule has 0 aromatic heterocycles. The highest BCUT2D eigenvalue weighted by Crippen LogP contribution is 2.24. The molecule has 116 valence electrons. The second-order valence-corrected chi connectivity index (χ2v) is 4.91. The summed E-state index contributed by atoms with van der Waals surface area (Å²) in [6.07, 6.45) is 0.163. The molecule has 0 radical (unpaired) electrons. The van der Waals surface area contributed by atoms with Crippen LogP contribution < -0.4 is 5.48 Å². The second kappa shape index (κ2) is 8.26. The third-order valence-electron chi connectivity index (χ3n) is 3.29. The van der Waals surface area contributed by atoms with E-state index >= 15 is 0 Å². The number of amides is 1. The first kappa shape index (κ1) is 16.1. The normalized spacial score (nSPS) is 11.9. The number of halogens is 1. The van der Waals surface area contributed by atoms with E-state index in [-0.39, 0.29) is 18.3 Å². The highest BCUT2D eigenvalue weighted by Gasteiger charge is 2.14. The first-order valence-corrected chi connectivity index (χ1v) is 7.03. The lowest BCUT2D eigenvalue weighted by Crippen LogP contribution is -2.19. The van der Waals surface area contributed by atoms with Gasteiger partial charge in [0, 0.05) is 6.42 Å². The first-order chi connectivity index (χ1) is 10.7. The summed E-state index contributed by atoms with van der Waals surface area (Å²) in [5, 5.41) is 8.57. The van der Waals surface area contributed by atoms with Gasteiger partial charge in [-0.05, 0) is 29.7 Å². The van der Waals surface area contributed by atoms with E-state index in [0.29, 0.717) is 13.0 Å². The summed E-state index contributed by atoms with van der Waals surface area (Å²) in [5.74, 6) is -0.797. The maximum absolute atomic E-state index is 13.0. The molecule has 4 nitrogen and oxygen atoms in total. The number of ether oxygens (including phenoxy) is 1. The van der Waals surface area contributed by atoms with Gasteiger partial charge < -0.3 is 4.74 Å². The number of hydrogen-bond acceptors (Lipinski definition) is 3. The highest BCUT2D eigenvalue weighted by molar-refractivity contribution is 5.74. The van der Waals surface area contributed by atoms with Crippen LogP contribution in [0.2, 0.25) is 0 Å². The number of benzene rings is 2. The number of rotatable bonds is 7. The molecule has 2 aromatic rings. The molecule has 5 heteroatoms. The van der Waals surface area contributed by atoms with E-state index in [4.69, 9.17) is 9.94 Å². The van der Waals surface area contributed by atoms with Crippen LogP contribution in [0, 0.1) is 5.82 Å². The molecule has 0 aliphatic rings. The Balaban J connectivity index is 2.03. The fourth-order valence-corrected chi connectivity index (χ4v) is 2.11. The summed E-state index contributed by atoms with van der Waals surface area (Å²) < 4.78 is 18.9. The molecule has 0 fully saturated rings. The van der Waals surface area contributed by atoms with Crippen molar-refractivity contribution in [2.24, 2.45) is 0 Å². The summed E-state index contributed by atoms with van der Waals surface area (Å²) >= 11 is 0. The van der Waals surface area contributed by atoms with Crippen molar-refractivity contribution in [3.63, 3.8) is 0 Å². The van der Waals surface area contributed by atoms with Crippen LogP contribution >= 0.6 is 0 Å². The molecular weight excluding hydrogens is 285 g/mol. The van der Waals surface area contributed by atoms with Gasteiger partial charge in [0.2, 0.25) is 5.91 Å². The minimum absolute atomic E-state index is 0.118. The average Bonchev–Trinajstić information content (AvgIpc) is 2.56. The van der Waals surface area contributed by atoms with Crippen molar-refractivity contribution >= 4 is 5.91 Å². The van der Waals surface area contributed by atoms with Crippen molar-refractivity contribution in [1.29, 1.82) is 0 Å². The summed E-state index contributed by atoms with van der Waals surface area (Å²) in [6, 6.07) is 15.7. The Morgan fingerprint density at radius 1 is 1.14 bits per heavy atom. The van der Waals surface area contributed by atoms with Crippen LogP contribution in [0.25, 0.3) is 0 Å². The molecule has 2 rings (SSSR count). The van der Waals surface area contributed by atoms with Gasteiger partial charge in [-0.3, -0.25) is 10.0 Å². The van der Waals surface area contributed by atoms with Crippen molar-refractivity contribution in [3.8, 4) is 0 Å². The Morgan fingerprint density at radius 3 is 2.45 bits per heavy atom. The average molecular weight is 303 g/mol. The summed E-state index contributed by atoms with van der Waals surface area (Å²) in [4.78, 5) is 11.2. The van der Waals surface area contributed by atoms with Crippen molar-refractivity contribution in [2.45, 2.75) is 25.6 Å². The lowest BCUT2D eigenvalue weighted by atomic mass is 10.0. The van der Waals surface area contributed by atoms with E-state index in [1.54, 1.807) is 17.6 Å². The van der Waals surface area contributed by atoms with Gasteiger partial charge in [0.1, 0.15) is 5.82 Å². The van der Waals surface area contributed by atoms with Crippen molar-refractivity contribution in [1.82, 2.24) is 5.48 Å². The molecule has 0 bridgehead atoms. The SMILES string of the molecule is O=C(CCC(OCc1ccccc1)c1ccc(F)cc1)NO. The third-order valence-corrected chi connectivity index (χ3v) is 3.29. The van der Waals surface area contributed by atoms with E-state index in [0.717, 1.165) is 11.1 Å². The van der Waals surface area contributed by atoms with Gasteiger partial charge in [0.05, 0.1) is 12.7 Å². The Labute approximate surface area is 128 Å². The quantitative estimate of drug-likeness (QED) is 0.609. The molecule has 22 heavy (non-hydrogen) atoms. The predicted octanol–water partition coefficient (Wildman–Crippen LogP) is 3.37. The fourth-order valence-electron chi connectivity index (χ4n) is 2.11. The van der Waals surface area contributed by atoms with Crippen LogP contribution in [0.4, 0.5) is 4.39 Å². The smallest absolute Gasteiger partial charge is 0.243 e. The second-order valence-electron chi connectivity index (χ2n) is 4.91. The van der Waals surface area contributed by atoms with E-state index in [2.05, 4.69) is 0 Å². The van der Waals surface area contributed by atoms with Gasteiger partial charge in [-0.1, -0.05) is 42.5 Å². The highest BCUT2D eigenvalue weighted by atomic mass is 19.1.